The van der Waals surface area contributed by atoms with Gasteiger partial charge in [0, 0.05) is 19.1 Å². The number of likely N-dealkylation sites (N-methyl/N-ethyl adjacent to an activating group) is 1. The maximum absolute atomic E-state index is 12.5. The molecule has 0 amide bonds. The Morgan fingerprint density at radius 1 is 1.48 bits per heavy atom. The van der Waals surface area contributed by atoms with Crippen molar-refractivity contribution in [2.24, 2.45) is 5.92 Å². The third-order valence-electron chi connectivity index (χ3n) is 5.67. The van der Waals surface area contributed by atoms with E-state index in [4.69, 9.17) is 9.47 Å². The maximum atomic E-state index is 12.5. The lowest BCUT2D eigenvalue weighted by molar-refractivity contribution is -0.906. The molecule has 0 spiro atoms. The quantitative estimate of drug-likeness (QED) is 0.421. The molecule has 2 rings (SSSR count). The van der Waals surface area contributed by atoms with Gasteiger partial charge in [-0.05, 0) is 18.9 Å². The topological polar surface area (TPSA) is 76.0 Å². The van der Waals surface area contributed by atoms with E-state index in [1.165, 1.54) is 7.11 Å². The van der Waals surface area contributed by atoms with E-state index in [2.05, 4.69) is 13.1 Å². The number of nitrogens with zero attached hydrogens (tertiary/aromatic N) is 1. The minimum atomic E-state index is -1.68. The lowest BCUT2D eigenvalue weighted by Gasteiger charge is -2.35. The van der Waals surface area contributed by atoms with Gasteiger partial charge < -0.3 is 24.2 Å². The van der Waals surface area contributed by atoms with E-state index in [1.807, 2.05) is 0 Å². The summed E-state index contributed by atoms with van der Waals surface area (Å²) in [6, 6.07) is -0.00482. The van der Waals surface area contributed by atoms with Crippen LogP contribution in [0.2, 0.25) is 0 Å². The van der Waals surface area contributed by atoms with Crippen molar-refractivity contribution < 1.29 is 29.0 Å². The Kier molecular flexibility index (Phi) is 5.21. The largest absolute Gasteiger partial charge is 0.459 e. The molecule has 1 fully saturated rings. The van der Waals surface area contributed by atoms with Crippen LogP contribution in [-0.4, -0.2) is 78.4 Å². The molecular weight excluding hydrogens is 298 g/mol. The van der Waals surface area contributed by atoms with Crippen molar-refractivity contribution in [3.8, 4) is 0 Å². The molecule has 6 heteroatoms. The number of carbonyl (C=O) groups is 1. The third kappa shape index (κ3) is 3.05. The van der Waals surface area contributed by atoms with Gasteiger partial charge in [-0.25, -0.2) is 4.79 Å². The summed E-state index contributed by atoms with van der Waals surface area (Å²) in [4.78, 5) is 12.5. The summed E-state index contributed by atoms with van der Waals surface area (Å²) < 4.78 is 11.4. The van der Waals surface area contributed by atoms with Crippen molar-refractivity contribution in [2.45, 2.75) is 51.0 Å². The average molecular weight is 328 g/mol. The van der Waals surface area contributed by atoms with E-state index >= 15 is 0 Å². The van der Waals surface area contributed by atoms with Crippen LogP contribution in [0.4, 0.5) is 0 Å². The van der Waals surface area contributed by atoms with Crippen LogP contribution in [0.25, 0.3) is 0 Å². The first-order valence-corrected chi connectivity index (χ1v) is 8.30. The summed E-state index contributed by atoms with van der Waals surface area (Å²) in [7, 11) is 3.58. The number of hydrogen-bond donors (Lipinski definition) is 2. The van der Waals surface area contributed by atoms with Crippen LogP contribution in [0.15, 0.2) is 11.6 Å². The van der Waals surface area contributed by atoms with Crippen molar-refractivity contribution >= 4 is 5.97 Å². The number of aliphatic hydroxyl groups excluding tert-OH is 1. The highest BCUT2D eigenvalue weighted by molar-refractivity contribution is 5.80. The highest BCUT2D eigenvalue weighted by atomic mass is 16.6. The van der Waals surface area contributed by atoms with Crippen molar-refractivity contribution in [2.75, 3.05) is 33.9 Å². The van der Waals surface area contributed by atoms with E-state index < -0.39 is 23.8 Å². The van der Waals surface area contributed by atoms with Gasteiger partial charge in [0.25, 0.3) is 0 Å². The lowest BCUT2D eigenvalue weighted by Crippen LogP contribution is -2.54. The number of rotatable bonds is 6. The van der Waals surface area contributed by atoms with Crippen LogP contribution in [0.1, 0.15) is 27.2 Å². The molecule has 2 aliphatic heterocycles. The van der Waals surface area contributed by atoms with Gasteiger partial charge in [0.1, 0.15) is 18.8 Å². The van der Waals surface area contributed by atoms with Crippen LogP contribution in [0.5, 0.6) is 0 Å². The normalized spacial score (nSPS) is 34.0. The molecule has 0 saturated carbocycles. The average Bonchev–Trinajstić information content (AvgIpc) is 2.99. The van der Waals surface area contributed by atoms with E-state index in [0.717, 1.165) is 29.6 Å². The Hall–Kier alpha value is -0.950. The molecule has 6 nitrogen and oxygen atoms in total. The molecule has 0 unspecified atom stereocenters. The predicted octanol–water partition coefficient (Wildman–Crippen LogP) is 0.471. The third-order valence-corrected chi connectivity index (χ3v) is 5.67. The first-order valence-electron chi connectivity index (χ1n) is 8.30. The summed E-state index contributed by atoms with van der Waals surface area (Å²) >= 11 is 0. The highest BCUT2D eigenvalue weighted by Crippen LogP contribution is 2.35. The fraction of sp³-hybridized carbons (Fsp3) is 0.824. The first kappa shape index (κ1) is 18.4. The maximum Gasteiger partial charge on any atom is 0.341 e. The Bertz CT molecular complexity index is 491. The molecule has 0 aromatic carbocycles. The fourth-order valence-corrected chi connectivity index (χ4v) is 3.90. The minimum absolute atomic E-state index is 0.00482. The number of fused-ring (bicyclic) bond motifs is 1. The van der Waals surface area contributed by atoms with Crippen molar-refractivity contribution in [3.05, 3.63) is 11.6 Å². The number of esters is 1. The molecule has 0 aliphatic carbocycles. The lowest BCUT2D eigenvalue weighted by atomic mass is 9.85. The zero-order chi connectivity index (χ0) is 17.4. The molecule has 2 heterocycles. The molecule has 0 bridgehead atoms. The predicted molar refractivity (Wildman–Crippen MR) is 85.6 cm³/mol. The zero-order valence-corrected chi connectivity index (χ0v) is 14.8. The second-order valence-corrected chi connectivity index (χ2v) is 7.40. The van der Waals surface area contributed by atoms with Crippen LogP contribution >= 0.6 is 0 Å². The number of ether oxygens (including phenoxy) is 2. The van der Waals surface area contributed by atoms with Gasteiger partial charge in [-0.1, -0.05) is 13.8 Å². The first-order chi connectivity index (χ1) is 10.7. The molecule has 0 radical (unpaired) electrons. The van der Waals surface area contributed by atoms with E-state index in [9.17, 15) is 15.0 Å². The number of hydrogen-bond acceptors (Lipinski definition) is 5. The van der Waals surface area contributed by atoms with Gasteiger partial charge in [0.2, 0.25) is 0 Å². The van der Waals surface area contributed by atoms with Gasteiger partial charge in [0.05, 0.1) is 26.2 Å². The van der Waals surface area contributed by atoms with Crippen molar-refractivity contribution in [1.82, 2.24) is 0 Å². The van der Waals surface area contributed by atoms with Crippen LogP contribution in [0, 0.1) is 5.92 Å². The second-order valence-electron chi connectivity index (χ2n) is 7.40. The van der Waals surface area contributed by atoms with Gasteiger partial charge in [-0.15, -0.1) is 0 Å². The van der Waals surface area contributed by atoms with Gasteiger partial charge >= 0.3 is 5.97 Å². The van der Waals surface area contributed by atoms with E-state index in [-0.39, 0.29) is 18.6 Å². The van der Waals surface area contributed by atoms with Gasteiger partial charge in [-0.2, -0.15) is 0 Å². The van der Waals surface area contributed by atoms with Crippen LogP contribution in [0.3, 0.4) is 0 Å². The van der Waals surface area contributed by atoms with E-state index in [1.54, 1.807) is 20.8 Å². The molecule has 132 valence electrons. The summed E-state index contributed by atoms with van der Waals surface area (Å²) in [6.07, 6.45) is 1.76. The monoisotopic (exact) mass is 328 g/mol. The molecule has 23 heavy (non-hydrogen) atoms. The van der Waals surface area contributed by atoms with Crippen LogP contribution in [-0.2, 0) is 14.3 Å². The Labute approximate surface area is 138 Å². The molecule has 0 aromatic heterocycles. The number of methoxy groups -OCH3 is 1. The molecular formula is C17H30NO5+. The van der Waals surface area contributed by atoms with Crippen molar-refractivity contribution in [3.63, 3.8) is 0 Å². The smallest absolute Gasteiger partial charge is 0.341 e. The Morgan fingerprint density at radius 3 is 2.70 bits per heavy atom. The highest BCUT2D eigenvalue weighted by Gasteiger charge is 2.51. The zero-order valence-electron chi connectivity index (χ0n) is 14.8. The number of carbonyl (C=O) groups excluding carboxylic acids is 1. The summed E-state index contributed by atoms with van der Waals surface area (Å²) in [5, 5.41) is 20.9. The summed E-state index contributed by atoms with van der Waals surface area (Å²) in [5.41, 5.74) is -0.734. The number of aliphatic hydroxyl groups is 2. The standard InChI is InChI=1S/C17H30NO5/c1-11(2)17(21,12(3)22-5)16(20)23-10-13-6-8-18(4)9-7-14(19)15(13)18/h6,11-12,14-15,19,21H,7-10H2,1-5H3/q+1/t12-,14+,15+,17-,18-/m0/s1. The molecule has 2 N–H and O–H groups in total. The molecule has 0 aromatic rings. The van der Waals surface area contributed by atoms with Crippen molar-refractivity contribution in [1.29, 1.82) is 0 Å². The van der Waals surface area contributed by atoms with Crippen LogP contribution < -0.4 is 0 Å². The SMILES string of the molecule is CO[C@@H](C)[C@](O)(C(=O)OCC1=CC[N@@+]2(C)CC[C@@H](O)[C@@H]12)C(C)C. The van der Waals surface area contributed by atoms with Gasteiger partial charge in [-0.3, -0.25) is 0 Å². The van der Waals surface area contributed by atoms with E-state index in [0.29, 0.717) is 0 Å². The number of quaternary nitrogens is 1. The molecule has 2 aliphatic rings. The summed E-state index contributed by atoms with van der Waals surface area (Å²) in [6.45, 7) is 7.07. The molecule has 1 saturated heterocycles. The molecule has 5 atom stereocenters. The second kappa shape index (κ2) is 6.51. The van der Waals surface area contributed by atoms with Gasteiger partial charge in [0.15, 0.2) is 5.60 Å². The Balaban J connectivity index is 2.04. The minimum Gasteiger partial charge on any atom is -0.459 e. The Morgan fingerprint density at radius 2 is 2.13 bits per heavy atom. The summed E-state index contributed by atoms with van der Waals surface area (Å²) in [5.74, 6) is -1.00. The fourth-order valence-electron chi connectivity index (χ4n) is 3.90.